The van der Waals surface area contributed by atoms with E-state index in [1.165, 1.54) is 11.1 Å². The topological polar surface area (TPSA) is 29.3 Å². The molecule has 96 valence electrons. The first kappa shape index (κ1) is 12.3. The van der Waals surface area contributed by atoms with Crippen LogP contribution in [0.3, 0.4) is 0 Å². The first-order valence-corrected chi connectivity index (χ1v) is 6.67. The van der Waals surface area contributed by atoms with Gasteiger partial charge in [-0.3, -0.25) is 0 Å². The average Bonchev–Trinajstić information content (AvgIpc) is 2.47. The Morgan fingerprint density at radius 3 is 2.63 bits per heavy atom. The van der Waals surface area contributed by atoms with E-state index >= 15 is 0 Å². The van der Waals surface area contributed by atoms with E-state index in [0.29, 0.717) is 6.54 Å². The molecule has 0 amide bonds. The highest BCUT2D eigenvalue weighted by Crippen LogP contribution is 2.35. The van der Waals surface area contributed by atoms with Crippen LogP contribution in [0.2, 0.25) is 5.02 Å². The standard InChI is InChI=1S/C16H15ClN2/c17-14-7-6-13-8-12(10-18)11-19(16(13)9-14)15-4-2-1-3-5-15/h1-9H,10-11,18H2. The molecule has 0 spiro atoms. The molecule has 0 radical (unpaired) electrons. The molecule has 1 aliphatic heterocycles. The molecule has 0 saturated heterocycles. The zero-order chi connectivity index (χ0) is 13.2. The molecule has 1 aliphatic rings. The SMILES string of the molecule is NCC1=Cc2ccc(Cl)cc2N(c2ccccc2)C1. The third-order valence-corrected chi connectivity index (χ3v) is 3.57. The molecular formula is C16H15ClN2. The van der Waals surface area contributed by atoms with Crippen molar-refractivity contribution >= 4 is 29.1 Å². The number of nitrogens with zero attached hydrogens (tertiary/aromatic N) is 1. The molecule has 2 nitrogen and oxygen atoms in total. The van der Waals surface area contributed by atoms with E-state index in [-0.39, 0.29) is 0 Å². The molecule has 0 atom stereocenters. The van der Waals surface area contributed by atoms with Crippen LogP contribution in [0.4, 0.5) is 11.4 Å². The normalized spacial score (nSPS) is 14.0. The monoisotopic (exact) mass is 270 g/mol. The molecule has 2 aromatic carbocycles. The Bertz CT molecular complexity index is 620. The third kappa shape index (κ3) is 2.37. The van der Waals surface area contributed by atoms with E-state index in [2.05, 4.69) is 23.1 Å². The maximum atomic E-state index is 6.13. The zero-order valence-corrected chi connectivity index (χ0v) is 11.3. The van der Waals surface area contributed by atoms with Crippen molar-refractivity contribution in [1.29, 1.82) is 0 Å². The molecule has 1 heterocycles. The van der Waals surface area contributed by atoms with Crippen molar-refractivity contribution in [2.24, 2.45) is 5.73 Å². The molecule has 0 unspecified atom stereocenters. The maximum Gasteiger partial charge on any atom is 0.0502 e. The predicted molar refractivity (Wildman–Crippen MR) is 81.9 cm³/mol. The minimum absolute atomic E-state index is 0.575. The van der Waals surface area contributed by atoms with Gasteiger partial charge in [0, 0.05) is 23.8 Å². The molecule has 0 saturated carbocycles. The van der Waals surface area contributed by atoms with Crippen molar-refractivity contribution in [2.45, 2.75) is 0 Å². The van der Waals surface area contributed by atoms with Crippen molar-refractivity contribution in [3.8, 4) is 0 Å². The molecule has 0 fully saturated rings. The number of hydrogen-bond donors (Lipinski definition) is 1. The van der Waals surface area contributed by atoms with Crippen molar-refractivity contribution < 1.29 is 0 Å². The van der Waals surface area contributed by atoms with Gasteiger partial charge in [-0.05, 0) is 35.4 Å². The van der Waals surface area contributed by atoms with Crippen LogP contribution in [0.5, 0.6) is 0 Å². The van der Waals surface area contributed by atoms with E-state index < -0.39 is 0 Å². The Hall–Kier alpha value is -1.77. The van der Waals surface area contributed by atoms with Crippen LogP contribution >= 0.6 is 11.6 Å². The van der Waals surface area contributed by atoms with Gasteiger partial charge in [-0.1, -0.05) is 41.9 Å². The highest BCUT2D eigenvalue weighted by molar-refractivity contribution is 6.31. The molecule has 0 bridgehead atoms. The van der Waals surface area contributed by atoms with Gasteiger partial charge in [0.25, 0.3) is 0 Å². The summed E-state index contributed by atoms with van der Waals surface area (Å²) in [4.78, 5) is 2.25. The summed E-state index contributed by atoms with van der Waals surface area (Å²) in [5, 5.41) is 0.754. The van der Waals surface area contributed by atoms with E-state index in [1.807, 2.05) is 36.4 Å². The number of benzene rings is 2. The second-order valence-corrected chi connectivity index (χ2v) is 5.07. The highest BCUT2D eigenvalue weighted by atomic mass is 35.5. The van der Waals surface area contributed by atoms with Crippen LogP contribution in [-0.2, 0) is 0 Å². The Kier molecular flexibility index (Phi) is 3.28. The number of halogens is 1. The lowest BCUT2D eigenvalue weighted by Gasteiger charge is -2.31. The van der Waals surface area contributed by atoms with Crippen molar-refractivity contribution in [3.05, 3.63) is 64.7 Å². The Balaban J connectivity index is 2.12. The fourth-order valence-corrected chi connectivity index (χ4v) is 2.55. The molecule has 2 aromatic rings. The van der Waals surface area contributed by atoms with Crippen LogP contribution in [0.1, 0.15) is 5.56 Å². The average molecular weight is 271 g/mol. The summed E-state index contributed by atoms with van der Waals surface area (Å²) >= 11 is 6.13. The van der Waals surface area contributed by atoms with Gasteiger partial charge < -0.3 is 10.6 Å². The molecule has 19 heavy (non-hydrogen) atoms. The first-order valence-electron chi connectivity index (χ1n) is 6.29. The Labute approximate surface area is 118 Å². The summed E-state index contributed by atoms with van der Waals surface area (Å²) in [6.45, 7) is 1.39. The molecule has 2 N–H and O–H groups in total. The minimum atomic E-state index is 0.575. The lowest BCUT2D eigenvalue weighted by molar-refractivity contribution is 0.976. The van der Waals surface area contributed by atoms with Crippen LogP contribution in [0.15, 0.2) is 54.1 Å². The fourth-order valence-electron chi connectivity index (χ4n) is 2.39. The summed E-state index contributed by atoms with van der Waals surface area (Å²) in [6, 6.07) is 16.3. The van der Waals surface area contributed by atoms with Crippen molar-refractivity contribution in [1.82, 2.24) is 0 Å². The number of para-hydroxylation sites is 1. The molecular weight excluding hydrogens is 256 g/mol. The summed E-state index contributed by atoms with van der Waals surface area (Å²) in [6.07, 6.45) is 2.16. The second-order valence-electron chi connectivity index (χ2n) is 4.63. The molecule has 0 aliphatic carbocycles. The van der Waals surface area contributed by atoms with Gasteiger partial charge in [-0.15, -0.1) is 0 Å². The van der Waals surface area contributed by atoms with Crippen LogP contribution in [0.25, 0.3) is 6.08 Å². The summed E-state index contributed by atoms with van der Waals surface area (Å²) in [5.74, 6) is 0. The number of rotatable bonds is 2. The fraction of sp³-hybridized carbons (Fsp3) is 0.125. The zero-order valence-electron chi connectivity index (χ0n) is 10.5. The van der Waals surface area contributed by atoms with Crippen molar-refractivity contribution in [3.63, 3.8) is 0 Å². The molecule has 3 heteroatoms. The number of fused-ring (bicyclic) bond motifs is 1. The van der Waals surface area contributed by atoms with E-state index in [9.17, 15) is 0 Å². The Morgan fingerprint density at radius 1 is 1.11 bits per heavy atom. The van der Waals surface area contributed by atoms with Gasteiger partial charge in [0.15, 0.2) is 0 Å². The number of nitrogens with two attached hydrogens (primary N) is 1. The van der Waals surface area contributed by atoms with E-state index in [0.717, 1.165) is 22.9 Å². The lowest BCUT2D eigenvalue weighted by atomic mass is 10.0. The second kappa shape index (κ2) is 5.08. The highest BCUT2D eigenvalue weighted by Gasteiger charge is 2.18. The van der Waals surface area contributed by atoms with E-state index in [1.54, 1.807) is 0 Å². The van der Waals surface area contributed by atoms with E-state index in [4.69, 9.17) is 17.3 Å². The molecule has 0 aromatic heterocycles. The van der Waals surface area contributed by atoms with Gasteiger partial charge >= 0.3 is 0 Å². The third-order valence-electron chi connectivity index (χ3n) is 3.33. The van der Waals surface area contributed by atoms with Gasteiger partial charge in [0.05, 0.1) is 5.69 Å². The smallest absolute Gasteiger partial charge is 0.0502 e. The minimum Gasteiger partial charge on any atom is -0.337 e. The largest absolute Gasteiger partial charge is 0.337 e. The first-order chi connectivity index (χ1) is 9.28. The summed E-state index contributed by atoms with van der Waals surface area (Å²) in [5.41, 5.74) is 10.5. The molecule has 3 rings (SSSR count). The summed E-state index contributed by atoms with van der Waals surface area (Å²) in [7, 11) is 0. The van der Waals surface area contributed by atoms with Gasteiger partial charge in [0.2, 0.25) is 0 Å². The number of anilines is 2. The summed E-state index contributed by atoms with van der Waals surface area (Å²) < 4.78 is 0. The maximum absolute atomic E-state index is 6.13. The predicted octanol–water partition coefficient (Wildman–Crippen LogP) is 3.83. The number of hydrogen-bond acceptors (Lipinski definition) is 2. The van der Waals surface area contributed by atoms with Crippen LogP contribution in [0, 0.1) is 0 Å². The Morgan fingerprint density at radius 2 is 1.89 bits per heavy atom. The lowest BCUT2D eigenvalue weighted by Crippen LogP contribution is -2.26. The van der Waals surface area contributed by atoms with Gasteiger partial charge in [0.1, 0.15) is 0 Å². The van der Waals surface area contributed by atoms with Crippen LogP contribution in [-0.4, -0.2) is 13.1 Å². The van der Waals surface area contributed by atoms with Crippen molar-refractivity contribution in [2.75, 3.05) is 18.0 Å². The van der Waals surface area contributed by atoms with Gasteiger partial charge in [-0.2, -0.15) is 0 Å². The quantitative estimate of drug-likeness (QED) is 0.899. The van der Waals surface area contributed by atoms with Gasteiger partial charge in [-0.25, -0.2) is 0 Å². The van der Waals surface area contributed by atoms with Crippen LogP contribution < -0.4 is 10.6 Å².